The highest BCUT2D eigenvalue weighted by Crippen LogP contribution is 2.32. The molecule has 0 aromatic carbocycles. The first-order chi connectivity index (χ1) is 9.16. The molecule has 20 heavy (non-hydrogen) atoms. The molecule has 0 saturated carbocycles. The van der Waals surface area contributed by atoms with Crippen LogP contribution >= 0.6 is 11.6 Å². The van der Waals surface area contributed by atoms with Crippen molar-refractivity contribution in [2.75, 3.05) is 5.32 Å². The van der Waals surface area contributed by atoms with Gasteiger partial charge in [-0.15, -0.1) is 0 Å². The van der Waals surface area contributed by atoms with Gasteiger partial charge in [-0.25, -0.2) is 4.98 Å². The van der Waals surface area contributed by atoms with Crippen LogP contribution in [0.1, 0.15) is 25.8 Å². The molecule has 0 aliphatic carbocycles. The highest BCUT2D eigenvalue weighted by molar-refractivity contribution is 6.33. The zero-order valence-electron chi connectivity index (χ0n) is 11.0. The molecule has 0 saturated heterocycles. The number of nitrogens with one attached hydrogen (secondary N) is 1. The molecular weight excluding hydrogens is 295 g/mol. The lowest BCUT2D eigenvalue weighted by Crippen LogP contribution is -2.40. The van der Waals surface area contributed by atoms with Gasteiger partial charge in [0.2, 0.25) is 5.91 Å². The van der Waals surface area contributed by atoms with Crippen molar-refractivity contribution in [3.05, 3.63) is 22.8 Å². The van der Waals surface area contributed by atoms with Gasteiger partial charge in [0.05, 0.1) is 10.6 Å². The molecule has 1 aromatic heterocycles. The zero-order valence-corrected chi connectivity index (χ0v) is 11.7. The minimum Gasteiger partial charge on any atom is -0.368 e. The van der Waals surface area contributed by atoms with Gasteiger partial charge < -0.3 is 11.1 Å². The number of aromatic nitrogens is 1. The predicted molar refractivity (Wildman–Crippen MR) is 70.3 cm³/mol. The summed E-state index contributed by atoms with van der Waals surface area (Å²) in [7, 11) is 0. The number of hydrogen-bond donors (Lipinski definition) is 2. The van der Waals surface area contributed by atoms with Crippen molar-refractivity contribution in [2.24, 2.45) is 11.7 Å². The zero-order chi connectivity index (χ0) is 15.5. The Bertz CT molecular complexity index is 493. The van der Waals surface area contributed by atoms with Gasteiger partial charge in [0, 0.05) is 6.20 Å². The number of nitrogens with two attached hydrogens (primary N) is 1. The largest absolute Gasteiger partial charge is 0.417 e. The molecule has 1 aromatic rings. The van der Waals surface area contributed by atoms with Crippen LogP contribution in [0.3, 0.4) is 0 Å². The first kappa shape index (κ1) is 16.6. The second-order valence-corrected chi connectivity index (χ2v) is 4.87. The van der Waals surface area contributed by atoms with E-state index in [9.17, 15) is 18.0 Å². The Hall–Kier alpha value is -1.50. The summed E-state index contributed by atoms with van der Waals surface area (Å²) in [6.07, 6.45) is -3.20. The summed E-state index contributed by atoms with van der Waals surface area (Å²) in [5.74, 6) is -0.714. The fourth-order valence-corrected chi connectivity index (χ4v) is 1.80. The first-order valence-electron chi connectivity index (χ1n) is 5.95. The Morgan fingerprint density at radius 2 is 2.15 bits per heavy atom. The van der Waals surface area contributed by atoms with Crippen LogP contribution in [0.25, 0.3) is 0 Å². The van der Waals surface area contributed by atoms with Gasteiger partial charge in [0.1, 0.15) is 11.9 Å². The Kier molecular flexibility index (Phi) is 5.21. The molecule has 0 radical (unpaired) electrons. The van der Waals surface area contributed by atoms with Crippen LogP contribution in [0.2, 0.25) is 5.02 Å². The summed E-state index contributed by atoms with van der Waals surface area (Å²) in [6.45, 7) is 3.66. The molecule has 1 heterocycles. The maximum absolute atomic E-state index is 12.5. The number of pyridine rings is 1. The van der Waals surface area contributed by atoms with E-state index in [0.717, 1.165) is 6.07 Å². The molecule has 0 aliphatic heterocycles. The van der Waals surface area contributed by atoms with Crippen LogP contribution in [-0.2, 0) is 11.0 Å². The van der Waals surface area contributed by atoms with Crippen LogP contribution in [-0.4, -0.2) is 16.9 Å². The number of anilines is 1. The minimum absolute atomic E-state index is 0.00349. The Morgan fingerprint density at radius 3 is 2.55 bits per heavy atom. The quantitative estimate of drug-likeness (QED) is 0.878. The average Bonchev–Trinajstić information content (AvgIpc) is 2.34. The topological polar surface area (TPSA) is 68.0 Å². The fourth-order valence-electron chi connectivity index (χ4n) is 1.58. The molecule has 1 rings (SSSR count). The number of carbonyl (C=O) groups is 1. The Labute approximate surface area is 119 Å². The minimum atomic E-state index is -4.52. The van der Waals surface area contributed by atoms with Crippen LogP contribution in [0.4, 0.5) is 19.0 Å². The maximum Gasteiger partial charge on any atom is 0.417 e. The summed E-state index contributed by atoms with van der Waals surface area (Å²) in [4.78, 5) is 15.0. The lowest BCUT2D eigenvalue weighted by atomic mass is 9.98. The fraction of sp³-hybridized carbons (Fsp3) is 0.500. The molecule has 4 nitrogen and oxygen atoms in total. The van der Waals surface area contributed by atoms with Crippen LogP contribution < -0.4 is 11.1 Å². The van der Waals surface area contributed by atoms with Gasteiger partial charge >= 0.3 is 6.18 Å². The SMILES string of the molecule is CC[C@@H](C)[C@H](Nc1ncc(C(F)(F)F)cc1Cl)C(N)=O. The van der Waals surface area contributed by atoms with E-state index in [1.165, 1.54) is 0 Å². The van der Waals surface area contributed by atoms with Crippen molar-refractivity contribution in [1.29, 1.82) is 0 Å². The highest BCUT2D eigenvalue weighted by Gasteiger charge is 2.32. The van der Waals surface area contributed by atoms with E-state index in [-0.39, 0.29) is 16.8 Å². The molecule has 8 heteroatoms. The summed E-state index contributed by atoms with van der Waals surface area (Å²) >= 11 is 5.75. The monoisotopic (exact) mass is 309 g/mol. The standard InChI is InChI=1S/C12H15ClF3N3O/c1-3-6(2)9(10(17)20)19-11-8(13)4-7(5-18-11)12(14,15)16/h4-6,9H,3H2,1-2H3,(H2,17,20)(H,18,19)/t6-,9+/m1/s1. The first-order valence-corrected chi connectivity index (χ1v) is 6.33. The summed E-state index contributed by atoms with van der Waals surface area (Å²) in [5.41, 5.74) is 4.31. The molecular formula is C12H15ClF3N3O. The number of carbonyl (C=O) groups excluding carboxylic acids is 1. The summed E-state index contributed by atoms with van der Waals surface area (Å²) in [5, 5.41) is 2.48. The number of alkyl halides is 3. The van der Waals surface area contributed by atoms with Crippen LogP contribution in [0.5, 0.6) is 0 Å². The van der Waals surface area contributed by atoms with Crippen molar-refractivity contribution >= 4 is 23.3 Å². The number of rotatable bonds is 5. The number of hydrogen-bond acceptors (Lipinski definition) is 3. The van der Waals surface area contributed by atoms with Gasteiger partial charge in [0.25, 0.3) is 0 Å². The highest BCUT2D eigenvalue weighted by atomic mass is 35.5. The van der Waals surface area contributed by atoms with Crippen molar-refractivity contribution in [1.82, 2.24) is 4.98 Å². The van der Waals surface area contributed by atoms with E-state index < -0.39 is 23.7 Å². The normalized spacial score (nSPS) is 14.7. The van der Waals surface area contributed by atoms with Gasteiger partial charge in [-0.2, -0.15) is 13.2 Å². The summed E-state index contributed by atoms with van der Waals surface area (Å²) in [6, 6.07) is 0.00712. The van der Waals surface area contributed by atoms with E-state index in [4.69, 9.17) is 17.3 Å². The molecule has 0 fully saturated rings. The maximum atomic E-state index is 12.5. The van der Waals surface area contributed by atoms with Crippen molar-refractivity contribution in [3.8, 4) is 0 Å². The van der Waals surface area contributed by atoms with E-state index in [1.807, 2.05) is 6.92 Å². The molecule has 1 amide bonds. The third-order valence-corrected chi connectivity index (χ3v) is 3.27. The van der Waals surface area contributed by atoms with Gasteiger partial charge in [-0.3, -0.25) is 4.79 Å². The lowest BCUT2D eigenvalue weighted by molar-refractivity contribution is -0.137. The number of amides is 1. The molecule has 0 spiro atoms. The predicted octanol–water partition coefficient (Wildman–Crippen LogP) is 3.07. The van der Waals surface area contributed by atoms with E-state index >= 15 is 0 Å². The molecule has 3 N–H and O–H groups in total. The smallest absolute Gasteiger partial charge is 0.368 e. The second-order valence-electron chi connectivity index (χ2n) is 4.46. The molecule has 2 atom stereocenters. The molecule has 0 bridgehead atoms. The third kappa shape index (κ3) is 4.00. The van der Waals surface area contributed by atoms with E-state index in [2.05, 4.69) is 10.3 Å². The van der Waals surface area contributed by atoms with E-state index in [0.29, 0.717) is 12.6 Å². The van der Waals surface area contributed by atoms with Crippen LogP contribution in [0, 0.1) is 5.92 Å². The van der Waals surface area contributed by atoms with Gasteiger partial charge in [-0.05, 0) is 12.0 Å². The van der Waals surface area contributed by atoms with Crippen LogP contribution in [0.15, 0.2) is 12.3 Å². The number of halogens is 4. The third-order valence-electron chi connectivity index (χ3n) is 2.98. The molecule has 0 aliphatic rings. The number of primary amides is 1. The molecule has 112 valence electrons. The number of nitrogens with zero attached hydrogens (tertiary/aromatic N) is 1. The van der Waals surface area contributed by atoms with Crippen molar-refractivity contribution < 1.29 is 18.0 Å². The van der Waals surface area contributed by atoms with Crippen molar-refractivity contribution in [2.45, 2.75) is 32.5 Å². The van der Waals surface area contributed by atoms with Crippen molar-refractivity contribution in [3.63, 3.8) is 0 Å². The molecule has 0 unspecified atom stereocenters. The van der Waals surface area contributed by atoms with Gasteiger partial charge in [-0.1, -0.05) is 31.9 Å². The lowest BCUT2D eigenvalue weighted by Gasteiger charge is -2.22. The Morgan fingerprint density at radius 1 is 1.55 bits per heavy atom. The van der Waals surface area contributed by atoms with E-state index in [1.54, 1.807) is 6.92 Å². The average molecular weight is 310 g/mol. The summed E-state index contributed by atoms with van der Waals surface area (Å²) < 4.78 is 37.4. The second kappa shape index (κ2) is 6.30. The Balaban J connectivity index is 3.00. The van der Waals surface area contributed by atoms with Gasteiger partial charge in [0.15, 0.2) is 0 Å².